The molecule has 14 rings (SSSR count). The standard InChI is InChI=1S/C60H40N4/c1-5-18-39(19-6-1)40-20-17-27-44(38-40)61-53-36-33-48-46-29-14-16-31-51(46)63(42-23-9-3-10-24-42)59(48)56(53)57-54(61)37-34-49-55-52(64(60(49)57)43-25-11-4-12-26-43)35-32-47-45-28-13-15-30-50(45)62(58(47)55)41-21-7-2-8-22-41/h1-2,4-8,11,13-23,25,27-38H,3,9-10,24H2. The van der Waals surface area contributed by atoms with Gasteiger partial charge < -0.3 is 18.3 Å². The Balaban J connectivity index is 1.25. The Morgan fingerprint density at radius 3 is 1.69 bits per heavy atom. The average molecular weight is 817 g/mol. The number of fused-ring (bicyclic) bond motifs is 15. The molecule has 0 saturated heterocycles. The Morgan fingerprint density at radius 2 is 1.00 bits per heavy atom. The van der Waals surface area contributed by atoms with Crippen LogP contribution in [0, 0.1) is 0 Å². The monoisotopic (exact) mass is 816 g/mol. The van der Waals surface area contributed by atoms with Gasteiger partial charge in [0.25, 0.3) is 0 Å². The molecule has 300 valence electrons. The van der Waals surface area contributed by atoms with Crippen molar-refractivity contribution in [3.63, 3.8) is 0 Å². The summed E-state index contributed by atoms with van der Waals surface area (Å²) in [5, 5.41) is 9.96. The summed E-state index contributed by atoms with van der Waals surface area (Å²) in [7, 11) is 0. The van der Waals surface area contributed by atoms with Gasteiger partial charge in [-0.3, -0.25) is 0 Å². The molecular weight excluding hydrogens is 777 g/mol. The van der Waals surface area contributed by atoms with Crippen molar-refractivity contribution in [1.29, 1.82) is 0 Å². The molecule has 0 fully saturated rings. The lowest BCUT2D eigenvalue weighted by Gasteiger charge is -2.17. The molecule has 4 heterocycles. The zero-order valence-corrected chi connectivity index (χ0v) is 35.1. The lowest BCUT2D eigenvalue weighted by atomic mass is 10.0. The summed E-state index contributed by atoms with van der Waals surface area (Å²) in [5.74, 6) is 0. The van der Waals surface area contributed by atoms with Crippen molar-refractivity contribution in [2.45, 2.75) is 25.7 Å². The van der Waals surface area contributed by atoms with E-state index in [1.165, 1.54) is 111 Å². The maximum absolute atomic E-state index is 3.58. The zero-order valence-electron chi connectivity index (χ0n) is 35.1. The van der Waals surface area contributed by atoms with Gasteiger partial charge in [0.15, 0.2) is 0 Å². The zero-order chi connectivity index (χ0) is 41.9. The second kappa shape index (κ2) is 13.6. The van der Waals surface area contributed by atoms with E-state index in [0.29, 0.717) is 0 Å². The van der Waals surface area contributed by atoms with E-state index in [0.717, 1.165) is 35.4 Å². The van der Waals surface area contributed by atoms with Crippen LogP contribution in [-0.4, -0.2) is 18.3 Å². The van der Waals surface area contributed by atoms with Crippen LogP contribution in [0.1, 0.15) is 25.7 Å². The summed E-state index contributed by atoms with van der Waals surface area (Å²) < 4.78 is 10.1. The maximum Gasteiger partial charge on any atom is 0.0974 e. The van der Waals surface area contributed by atoms with E-state index in [9.17, 15) is 0 Å². The predicted molar refractivity (Wildman–Crippen MR) is 270 cm³/mol. The smallest absolute Gasteiger partial charge is 0.0974 e. The lowest BCUT2D eigenvalue weighted by molar-refractivity contribution is 0.724. The van der Waals surface area contributed by atoms with Gasteiger partial charge in [-0.25, -0.2) is 0 Å². The van der Waals surface area contributed by atoms with Crippen molar-refractivity contribution in [1.82, 2.24) is 18.3 Å². The SMILES string of the molecule is C1=C=C(n2c3ccc4c5ccccc5n(-c5ccccc5)c4c3c3ccc4c(c5c6c(ccc5n4-c4cccc(-c5ccccc5)c4)c4ccccc4n6C4=CCCCC4)c32)C=CC=1. The molecule has 0 radical (unpaired) electrons. The van der Waals surface area contributed by atoms with Crippen LogP contribution in [-0.2, 0) is 0 Å². The molecule has 0 atom stereocenters. The van der Waals surface area contributed by atoms with Crippen molar-refractivity contribution < 1.29 is 0 Å². The minimum atomic E-state index is 0.964. The van der Waals surface area contributed by atoms with E-state index in [2.05, 4.69) is 218 Å². The molecule has 2 aliphatic carbocycles. The Hall–Kier alpha value is -8.26. The molecule has 0 aliphatic heterocycles. The summed E-state index contributed by atoms with van der Waals surface area (Å²) >= 11 is 0. The van der Waals surface area contributed by atoms with Crippen molar-refractivity contribution >= 4 is 98.6 Å². The fourth-order valence-electron chi connectivity index (χ4n) is 11.3. The third kappa shape index (κ3) is 4.90. The van der Waals surface area contributed by atoms with Crippen LogP contribution in [0.5, 0.6) is 0 Å². The maximum atomic E-state index is 3.58. The predicted octanol–water partition coefficient (Wildman–Crippen LogP) is 15.9. The van der Waals surface area contributed by atoms with Gasteiger partial charge in [0, 0.05) is 60.2 Å². The van der Waals surface area contributed by atoms with E-state index in [1.807, 2.05) is 6.08 Å². The number of benzene rings is 8. The van der Waals surface area contributed by atoms with Crippen LogP contribution in [0.4, 0.5) is 0 Å². The topological polar surface area (TPSA) is 19.7 Å². The molecule has 0 unspecified atom stereocenters. The molecule has 0 saturated carbocycles. The van der Waals surface area contributed by atoms with Gasteiger partial charge in [0.1, 0.15) is 0 Å². The molecule has 12 aromatic rings. The van der Waals surface area contributed by atoms with Crippen LogP contribution in [0.15, 0.2) is 206 Å². The Kier molecular flexibility index (Phi) is 7.52. The first-order valence-electron chi connectivity index (χ1n) is 22.5. The van der Waals surface area contributed by atoms with Gasteiger partial charge in [-0.05, 0) is 115 Å². The fourth-order valence-corrected chi connectivity index (χ4v) is 11.3. The summed E-state index contributed by atoms with van der Waals surface area (Å²) in [6.45, 7) is 0. The van der Waals surface area contributed by atoms with E-state index < -0.39 is 0 Å². The van der Waals surface area contributed by atoms with Crippen LogP contribution in [0.2, 0.25) is 0 Å². The van der Waals surface area contributed by atoms with Crippen LogP contribution < -0.4 is 0 Å². The highest BCUT2D eigenvalue weighted by Gasteiger charge is 2.28. The second-order valence-corrected chi connectivity index (χ2v) is 17.3. The largest absolute Gasteiger partial charge is 0.313 e. The summed E-state index contributed by atoms with van der Waals surface area (Å²) in [4.78, 5) is 0. The van der Waals surface area contributed by atoms with Crippen LogP contribution in [0.25, 0.3) is 121 Å². The molecule has 0 bridgehead atoms. The van der Waals surface area contributed by atoms with Crippen LogP contribution >= 0.6 is 0 Å². The highest BCUT2D eigenvalue weighted by Crippen LogP contribution is 2.49. The first kappa shape index (κ1) is 35.3. The average Bonchev–Trinajstić information content (AvgIpc) is 4.10. The van der Waals surface area contributed by atoms with E-state index >= 15 is 0 Å². The first-order chi connectivity index (χ1) is 31.8. The molecule has 64 heavy (non-hydrogen) atoms. The van der Waals surface area contributed by atoms with Gasteiger partial charge >= 0.3 is 0 Å². The van der Waals surface area contributed by atoms with E-state index in [-0.39, 0.29) is 0 Å². The summed E-state index contributed by atoms with van der Waals surface area (Å²) in [6, 6.07) is 62.8. The number of aromatic nitrogens is 4. The van der Waals surface area contributed by atoms with Crippen molar-refractivity contribution in [2.24, 2.45) is 0 Å². The van der Waals surface area contributed by atoms with Gasteiger partial charge in [0.05, 0.1) is 49.8 Å². The third-order valence-corrected chi connectivity index (χ3v) is 13.9. The van der Waals surface area contributed by atoms with Crippen molar-refractivity contribution in [3.05, 3.63) is 206 Å². The number of rotatable bonds is 5. The minimum absolute atomic E-state index is 0.964. The van der Waals surface area contributed by atoms with Crippen molar-refractivity contribution in [3.8, 4) is 22.5 Å². The minimum Gasteiger partial charge on any atom is -0.313 e. The normalized spacial score (nSPS) is 14.1. The van der Waals surface area contributed by atoms with E-state index in [1.54, 1.807) is 0 Å². The van der Waals surface area contributed by atoms with Gasteiger partial charge in [0.2, 0.25) is 0 Å². The molecule has 0 amide bonds. The fraction of sp³-hybridized carbons (Fsp3) is 0.0667. The van der Waals surface area contributed by atoms with Gasteiger partial charge in [-0.2, -0.15) is 0 Å². The molecule has 4 heteroatoms. The van der Waals surface area contributed by atoms with Gasteiger partial charge in [-0.15, -0.1) is 0 Å². The Labute approximate surface area is 369 Å². The molecule has 0 spiro atoms. The number of allylic oxidation sites excluding steroid dienone is 6. The number of hydrogen-bond acceptors (Lipinski definition) is 0. The molecule has 0 N–H and O–H groups in total. The number of hydrogen-bond donors (Lipinski definition) is 0. The Morgan fingerprint density at radius 1 is 0.406 bits per heavy atom. The van der Waals surface area contributed by atoms with Crippen LogP contribution in [0.3, 0.4) is 0 Å². The molecule has 4 nitrogen and oxygen atoms in total. The van der Waals surface area contributed by atoms with Crippen molar-refractivity contribution in [2.75, 3.05) is 0 Å². The third-order valence-electron chi connectivity index (χ3n) is 13.9. The second-order valence-electron chi connectivity index (χ2n) is 17.3. The highest BCUT2D eigenvalue weighted by molar-refractivity contribution is 6.36. The molecule has 2 aliphatic rings. The molecule has 4 aromatic heterocycles. The number of para-hydroxylation sites is 3. The summed E-state index contributed by atoms with van der Waals surface area (Å²) in [5.41, 5.74) is 23.5. The summed E-state index contributed by atoms with van der Waals surface area (Å²) in [6.07, 6.45) is 13.3. The van der Waals surface area contributed by atoms with Gasteiger partial charge in [-0.1, -0.05) is 127 Å². The highest BCUT2D eigenvalue weighted by atomic mass is 15.0. The van der Waals surface area contributed by atoms with E-state index in [4.69, 9.17) is 0 Å². The molecule has 8 aromatic carbocycles. The number of nitrogens with zero attached hydrogens (tertiary/aromatic N) is 4. The molecular formula is C60H40N4. The first-order valence-corrected chi connectivity index (χ1v) is 22.5. The Bertz CT molecular complexity index is 4130. The quantitative estimate of drug-likeness (QED) is 0.154. The lowest BCUT2D eigenvalue weighted by Crippen LogP contribution is -2.01.